The Balaban J connectivity index is 1.51. The van der Waals surface area contributed by atoms with Crippen LogP contribution in [-0.4, -0.2) is 74.4 Å². The van der Waals surface area contributed by atoms with Gasteiger partial charge in [-0.05, 0) is 43.1 Å². The van der Waals surface area contributed by atoms with Gasteiger partial charge in [-0.25, -0.2) is 0 Å². The summed E-state index contributed by atoms with van der Waals surface area (Å²) in [5.74, 6) is -3.48. The van der Waals surface area contributed by atoms with Crippen molar-refractivity contribution in [3.8, 4) is 0 Å². The second-order valence-electron chi connectivity index (χ2n) is 14.0. The Morgan fingerprint density at radius 2 is 1.76 bits per heavy atom. The Hall–Kier alpha value is -0.870. The van der Waals surface area contributed by atoms with Crippen molar-refractivity contribution in [3.63, 3.8) is 0 Å². The first kappa shape index (κ1) is 26.1. The van der Waals surface area contributed by atoms with E-state index in [1.807, 2.05) is 13.8 Å². The van der Waals surface area contributed by atoms with Gasteiger partial charge in [-0.3, -0.25) is 4.79 Å². The number of Topliss-reactive ketones (excluding diaryl/α,β-unsaturated/α-hetero) is 1. The van der Waals surface area contributed by atoms with Crippen molar-refractivity contribution in [2.45, 2.75) is 126 Å². The molecule has 8 nitrogen and oxygen atoms in total. The molecule has 8 heteroatoms. The molecular formula is C30H44O8. The van der Waals surface area contributed by atoms with E-state index in [0.717, 1.165) is 44.1 Å². The second kappa shape index (κ2) is 7.90. The van der Waals surface area contributed by atoms with E-state index in [0.29, 0.717) is 12.8 Å². The molecule has 7 fully saturated rings. The Labute approximate surface area is 225 Å². The summed E-state index contributed by atoms with van der Waals surface area (Å²) in [6.45, 7) is 12.0. The SMILES string of the molecule is C=C(C)[C@]12C[C@@H](C)[C@@]34O[C@]5(CCCCCCC[C@H](C)[C@H]6[C@H](C)C(=O)[C@@](O)([C@H](O)[C@@]7(CO)O[C@H]7[C@H]3[C@H]1O5)[C@@H]64)O2. The third kappa shape index (κ3) is 2.74. The van der Waals surface area contributed by atoms with Gasteiger partial charge in [0.1, 0.15) is 29.5 Å². The lowest BCUT2D eigenvalue weighted by molar-refractivity contribution is -0.436. The quantitative estimate of drug-likeness (QED) is 0.367. The van der Waals surface area contributed by atoms with E-state index in [1.54, 1.807) is 0 Å². The van der Waals surface area contributed by atoms with Gasteiger partial charge in [-0.15, -0.1) is 0 Å². The lowest BCUT2D eigenvalue weighted by Crippen LogP contribution is -2.73. The number of ether oxygens (including phenoxy) is 4. The number of fused-ring (bicyclic) bond motifs is 1. The molecule has 212 valence electrons. The topological polar surface area (TPSA) is 118 Å². The fraction of sp³-hybridized carbons (Fsp3) is 0.900. The number of carbonyl (C=O) groups is 1. The third-order valence-corrected chi connectivity index (χ3v) is 12.1. The molecule has 4 saturated heterocycles. The Morgan fingerprint density at radius 1 is 1.05 bits per heavy atom. The first-order chi connectivity index (χ1) is 18.0. The molecule has 38 heavy (non-hydrogen) atoms. The molecule has 3 N–H and O–H groups in total. The number of hydrogen-bond donors (Lipinski definition) is 3. The lowest BCUT2D eigenvalue weighted by Gasteiger charge is -2.61. The zero-order valence-corrected chi connectivity index (χ0v) is 23.2. The van der Waals surface area contributed by atoms with Gasteiger partial charge in [-0.2, -0.15) is 0 Å². The van der Waals surface area contributed by atoms with Crippen LogP contribution in [0.5, 0.6) is 0 Å². The molecule has 3 saturated carbocycles. The van der Waals surface area contributed by atoms with Crippen LogP contribution in [0.4, 0.5) is 0 Å². The molecule has 14 atom stereocenters. The van der Waals surface area contributed by atoms with E-state index in [-0.39, 0.29) is 23.5 Å². The van der Waals surface area contributed by atoms with Gasteiger partial charge in [0, 0.05) is 24.2 Å². The fourth-order valence-corrected chi connectivity index (χ4v) is 10.4. The second-order valence-corrected chi connectivity index (χ2v) is 14.0. The smallest absolute Gasteiger partial charge is 0.284 e. The molecule has 0 unspecified atom stereocenters. The molecule has 0 aromatic rings. The molecule has 4 aliphatic heterocycles. The van der Waals surface area contributed by atoms with Crippen molar-refractivity contribution < 1.29 is 39.1 Å². The predicted molar refractivity (Wildman–Crippen MR) is 136 cm³/mol. The number of ketones is 1. The van der Waals surface area contributed by atoms with Crippen LogP contribution in [0.3, 0.4) is 0 Å². The summed E-state index contributed by atoms with van der Waals surface area (Å²) >= 11 is 0. The highest BCUT2D eigenvalue weighted by atomic mass is 16.9. The van der Waals surface area contributed by atoms with Gasteiger partial charge in [0.2, 0.25) is 0 Å². The number of hydrogen-bond acceptors (Lipinski definition) is 8. The fourth-order valence-electron chi connectivity index (χ4n) is 10.4. The zero-order chi connectivity index (χ0) is 27.0. The summed E-state index contributed by atoms with van der Waals surface area (Å²) < 4.78 is 27.2. The lowest BCUT2D eigenvalue weighted by atomic mass is 9.52. The molecule has 0 radical (unpaired) electrons. The maximum absolute atomic E-state index is 14.2. The maximum Gasteiger partial charge on any atom is 0.284 e. The predicted octanol–water partition coefficient (Wildman–Crippen LogP) is 2.86. The van der Waals surface area contributed by atoms with Gasteiger partial charge in [0.05, 0.1) is 12.2 Å². The van der Waals surface area contributed by atoms with Crippen LogP contribution in [0.1, 0.15) is 79.1 Å². The molecule has 7 aliphatic rings. The van der Waals surface area contributed by atoms with Crippen LogP contribution in [-0.2, 0) is 23.7 Å². The number of rotatable bonds is 2. The van der Waals surface area contributed by atoms with Crippen LogP contribution in [0.25, 0.3) is 0 Å². The number of aliphatic hydroxyl groups excluding tert-OH is 2. The summed E-state index contributed by atoms with van der Waals surface area (Å²) in [4.78, 5) is 14.2. The van der Waals surface area contributed by atoms with Crippen LogP contribution >= 0.6 is 0 Å². The van der Waals surface area contributed by atoms with Crippen molar-refractivity contribution in [1.82, 2.24) is 0 Å². The van der Waals surface area contributed by atoms with Crippen molar-refractivity contribution in [3.05, 3.63) is 12.2 Å². The van der Waals surface area contributed by atoms with E-state index in [2.05, 4.69) is 20.4 Å². The summed E-state index contributed by atoms with van der Waals surface area (Å²) in [7, 11) is 0. The van der Waals surface area contributed by atoms with E-state index < -0.39 is 71.0 Å². The number of epoxide rings is 1. The first-order valence-corrected chi connectivity index (χ1v) is 14.9. The van der Waals surface area contributed by atoms with Crippen LogP contribution in [0.15, 0.2) is 12.2 Å². The normalized spacial score (nSPS) is 60.8. The average Bonchev–Trinajstić information content (AvgIpc) is 3.52. The van der Waals surface area contributed by atoms with E-state index in [1.165, 1.54) is 0 Å². The summed E-state index contributed by atoms with van der Waals surface area (Å²) in [6, 6.07) is 0. The standard InChI is InChI=1S/C30H44O8/c1-15(2)26-13-17(4)30-20-23(26)36-28(37-26,38-30)12-10-8-6-7-9-11-16(3)19-18(5)22(32)29(34,21(19)30)25(33)27(14-31)24(20)35-27/h16-21,23-25,31,33-34H,1,6-14H2,2-5H3/t16-,17+,18-,19-,20+,21+,23+,24-,25+,26+,27-,28-,29+,30+/m0/s1. The zero-order valence-electron chi connectivity index (χ0n) is 23.2. The minimum Gasteiger partial charge on any atom is -0.393 e. The van der Waals surface area contributed by atoms with Gasteiger partial charge < -0.3 is 34.3 Å². The van der Waals surface area contributed by atoms with E-state index in [4.69, 9.17) is 18.9 Å². The highest BCUT2D eigenvalue weighted by Crippen LogP contribution is 2.74. The van der Waals surface area contributed by atoms with Crippen LogP contribution in [0, 0.1) is 35.5 Å². The Bertz CT molecular complexity index is 1060. The highest BCUT2D eigenvalue weighted by Gasteiger charge is 2.89. The van der Waals surface area contributed by atoms with Crippen molar-refractivity contribution in [2.75, 3.05) is 6.61 Å². The molecule has 0 aromatic heterocycles. The monoisotopic (exact) mass is 532 g/mol. The summed E-state index contributed by atoms with van der Waals surface area (Å²) in [5.41, 5.74) is -4.56. The highest BCUT2D eigenvalue weighted by molar-refractivity contribution is 5.93. The Kier molecular flexibility index (Phi) is 5.42. The number of aliphatic hydroxyl groups is 3. The average molecular weight is 533 g/mol. The molecule has 3 bridgehead atoms. The minimum atomic E-state index is -2.11. The maximum atomic E-state index is 14.2. The van der Waals surface area contributed by atoms with Gasteiger partial charge in [-0.1, -0.05) is 59.5 Å². The molecule has 0 aromatic carbocycles. The first-order valence-electron chi connectivity index (χ1n) is 14.9. The summed E-state index contributed by atoms with van der Waals surface area (Å²) in [6.07, 6.45) is 4.60. The molecule has 2 spiro atoms. The van der Waals surface area contributed by atoms with Crippen LogP contribution < -0.4 is 0 Å². The number of carbonyl (C=O) groups excluding carboxylic acids is 1. The van der Waals surface area contributed by atoms with Gasteiger partial charge in [0.15, 0.2) is 11.4 Å². The molecule has 4 heterocycles. The van der Waals surface area contributed by atoms with Gasteiger partial charge >= 0.3 is 0 Å². The Morgan fingerprint density at radius 3 is 2.47 bits per heavy atom. The molecule has 0 amide bonds. The van der Waals surface area contributed by atoms with Crippen LogP contribution in [0.2, 0.25) is 0 Å². The van der Waals surface area contributed by atoms with Gasteiger partial charge in [0.25, 0.3) is 5.97 Å². The molecular weight excluding hydrogens is 488 g/mol. The summed E-state index contributed by atoms with van der Waals surface area (Å²) in [5, 5.41) is 35.2. The molecule has 7 rings (SSSR count). The minimum absolute atomic E-state index is 0.136. The van der Waals surface area contributed by atoms with Crippen molar-refractivity contribution in [2.24, 2.45) is 35.5 Å². The third-order valence-electron chi connectivity index (χ3n) is 12.1. The molecule has 3 aliphatic carbocycles. The van der Waals surface area contributed by atoms with Crippen molar-refractivity contribution >= 4 is 5.78 Å². The van der Waals surface area contributed by atoms with E-state index >= 15 is 0 Å². The van der Waals surface area contributed by atoms with E-state index in [9.17, 15) is 20.1 Å². The van der Waals surface area contributed by atoms with Crippen molar-refractivity contribution in [1.29, 1.82) is 0 Å². The largest absolute Gasteiger partial charge is 0.393 e.